The average molecular weight is 293 g/mol. The molecule has 1 aliphatic carbocycles. The molecule has 5 rings (SSSR count). The predicted octanol–water partition coefficient (Wildman–Crippen LogP) is 3.40. The number of rotatable bonds is 2. The molecule has 1 aromatic heterocycles. The molecule has 1 saturated heterocycles. The van der Waals surface area contributed by atoms with Gasteiger partial charge in [0.25, 0.3) is 0 Å². The Labute approximate surface area is 129 Å². The Morgan fingerprint density at radius 3 is 2.77 bits per heavy atom. The van der Waals surface area contributed by atoms with Gasteiger partial charge in [-0.15, -0.1) is 0 Å². The Kier molecular flexibility index (Phi) is 2.64. The molecule has 3 aromatic rings. The summed E-state index contributed by atoms with van der Waals surface area (Å²) in [5.41, 5.74) is 3.23. The number of nitrogens with zero attached hydrogens (tertiary/aromatic N) is 1. The number of para-hydroxylation sites is 2. The molecule has 0 amide bonds. The van der Waals surface area contributed by atoms with Gasteiger partial charge in [0.2, 0.25) is 0 Å². The third kappa shape index (κ3) is 1.76. The SMILES string of the molecule is O[C@@H]1C[C@@H]2CN(Cc3cccc4c3oc3ccccc34)C[C@@H]21. The Balaban J connectivity index is 1.52. The van der Waals surface area contributed by atoms with Crippen LogP contribution in [0.4, 0.5) is 0 Å². The zero-order chi connectivity index (χ0) is 14.7. The number of furan rings is 1. The van der Waals surface area contributed by atoms with E-state index in [1.807, 2.05) is 12.1 Å². The lowest BCUT2D eigenvalue weighted by Gasteiger charge is -2.35. The number of aliphatic hydroxyl groups excluding tert-OH is 1. The highest BCUT2D eigenvalue weighted by Gasteiger charge is 2.46. The Morgan fingerprint density at radius 1 is 1.05 bits per heavy atom. The minimum absolute atomic E-state index is 0.0722. The summed E-state index contributed by atoms with van der Waals surface area (Å²) in [5.74, 6) is 1.19. The van der Waals surface area contributed by atoms with Gasteiger partial charge in [-0.05, 0) is 18.4 Å². The van der Waals surface area contributed by atoms with E-state index in [-0.39, 0.29) is 6.10 Å². The fourth-order valence-electron chi connectivity index (χ4n) is 4.26. The Morgan fingerprint density at radius 2 is 1.91 bits per heavy atom. The fourth-order valence-corrected chi connectivity index (χ4v) is 4.26. The topological polar surface area (TPSA) is 36.6 Å². The average Bonchev–Trinajstić information content (AvgIpc) is 3.06. The van der Waals surface area contributed by atoms with Crippen LogP contribution in [0.25, 0.3) is 21.9 Å². The zero-order valence-corrected chi connectivity index (χ0v) is 12.4. The van der Waals surface area contributed by atoms with Crippen molar-refractivity contribution in [2.75, 3.05) is 13.1 Å². The van der Waals surface area contributed by atoms with E-state index < -0.39 is 0 Å². The highest BCUT2D eigenvalue weighted by Crippen LogP contribution is 2.41. The highest BCUT2D eigenvalue weighted by molar-refractivity contribution is 6.05. The Bertz CT molecular complexity index is 853. The molecule has 3 atom stereocenters. The lowest BCUT2D eigenvalue weighted by Crippen LogP contribution is -2.39. The first-order chi connectivity index (χ1) is 10.8. The summed E-state index contributed by atoms with van der Waals surface area (Å²) in [4.78, 5) is 2.47. The molecule has 0 spiro atoms. The van der Waals surface area contributed by atoms with Gasteiger partial charge < -0.3 is 9.52 Å². The van der Waals surface area contributed by atoms with E-state index >= 15 is 0 Å². The number of benzene rings is 2. The van der Waals surface area contributed by atoms with Crippen molar-refractivity contribution in [3.05, 3.63) is 48.0 Å². The van der Waals surface area contributed by atoms with Gasteiger partial charge in [-0.2, -0.15) is 0 Å². The number of fused-ring (bicyclic) bond motifs is 4. The van der Waals surface area contributed by atoms with Gasteiger partial charge in [0.05, 0.1) is 6.10 Å². The van der Waals surface area contributed by atoms with Crippen LogP contribution >= 0.6 is 0 Å². The molecule has 1 aliphatic heterocycles. The van der Waals surface area contributed by atoms with Crippen molar-refractivity contribution in [3.8, 4) is 0 Å². The third-order valence-electron chi connectivity index (χ3n) is 5.49. The molecule has 0 bridgehead atoms. The maximum Gasteiger partial charge on any atom is 0.139 e. The fraction of sp³-hybridized carbons (Fsp3) is 0.368. The van der Waals surface area contributed by atoms with E-state index in [0.717, 1.165) is 37.2 Å². The lowest BCUT2D eigenvalue weighted by molar-refractivity contribution is -0.00435. The first-order valence-electron chi connectivity index (χ1n) is 8.09. The minimum Gasteiger partial charge on any atom is -0.456 e. The van der Waals surface area contributed by atoms with Crippen LogP contribution in [-0.4, -0.2) is 29.2 Å². The molecule has 3 heteroatoms. The van der Waals surface area contributed by atoms with Crippen LogP contribution in [0.1, 0.15) is 12.0 Å². The second kappa shape index (κ2) is 4.58. The molecule has 0 unspecified atom stereocenters. The van der Waals surface area contributed by atoms with Crippen molar-refractivity contribution in [2.45, 2.75) is 19.1 Å². The molecule has 22 heavy (non-hydrogen) atoms. The monoisotopic (exact) mass is 293 g/mol. The minimum atomic E-state index is -0.0722. The molecule has 1 saturated carbocycles. The molecule has 2 aliphatic rings. The quantitative estimate of drug-likeness (QED) is 0.787. The van der Waals surface area contributed by atoms with Gasteiger partial charge >= 0.3 is 0 Å². The first-order valence-corrected chi connectivity index (χ1v) is 8.09. The van der Waals surface area contributed by atoms with Crippen molar-refractivity contribution >= 4 is 21.9 Å². The highest BCUT2D eigenvalue weighted by atomic mass is 16.3. The van der Waals surface area contributed by atoms with Crippen LogP contribution < -0.4 is 0 Å². The zero-order valence-electron chi connectivity index (χ0n) is 12.4. The molecule has 2 heterocycles. The number of aliphatic hydroxyl groups is 1. The smallest absolute Gasteiger partial charge is 0.139 e. The van der Waals surface area contributed by atoms with Gasteiger partial charge in [0.15, 0.2) is 0 Å². The van der Waals surface area contributed by atoms with Crippen LogP contribution in [0.2, 0.25) is 0 Å². The number of hydrogen-bond acceptors (Lipinski definition) is 3. The van der Waals surface area contributed by atoms with E-state index in [2.05, 4.69) is 35.2 Å². The largest absolute Gasteiger partial charge is 0.456 e. The Hall–Kier alpha value is -1.84. The van der Waals surface area contributed by atoms with Gasteiger partial charge in [-0.1, -0.05) is 36.4 Å². The summed E-state index contributed by atoms with van der Waals surface area (Å²) in [7, 11) is 0. The van der Waals surface area contributed by atoms with Crippen LogP contribution in [0.5, 0.6) is 0 Å². The first kappa shape index (κ1) is 12.7. The van der Waals surface area contributed by atoms with E-state index in [4.69, 9.17) is 4.42 Å². The summed E-state index contributed by atoms with van der Waals surface area (Å²) < 4.78 is 6.11. The predicted molar refractivity (Wildman–Crippen MR) is 86.6 cm³/mol. The molecule has 2 aromatic carbocycles. The van der Waals surface area contributed by atoms with Crippen LogP contribution in [0.3, 0.4) is 0 Å². The molecule has 2 fully saturated rings. The van der Waals surface area contributed by atoms with Gasteiger partial charge in [0, 0.05) is 41.9 Å². The van der Waals surface area contributed by atoms with Crippen molar-refractivity contribution in [3.63, 3.8) is 0 Å². The molecule has 112 valence electrons. The van der Waals surface area contributed by atoms with Crippen LogP contribution in [0, 0.1) is 11.8 Å². The second-order valence-corrected chi connectivity index (χ2v) is 6.81. The lowest BCUT2D eigenvalue weighted by atomic mass is 9.74. The van der Waals surface area contributed by atoms with Gasteiger partial charge in [-0.25, -0.2) is 0 Å². The summed E-state index contributed by atoms with van der Waals surface area (Å²) in [6, 6.07) is 14.7. The van der Waals surface area contributed by atoms with Crippen LogP contribution in [-0.2, 0) is 6.54 Å². The second-order valence-electron chi connectivity index (χ2n) is 6.81. The summed E-state index contributed by atoms with van der Waals surface area (Å²) >= 11 is 0. The van der Waals surface area contributed by atoms with Crippen molar-refractivity contribution in [2.24, 2.45) is 11.8 Å². The number of likely N-dealkylation sites (tertiary alicyclic amines) is 1. The number of hydrogen-bond donors (Lipinski definition) is 1. The van der Waals surface area contributed by atoms with Gasteiger partial charge in [-0.3, -0.25) is 4.90 Å². The third-order valence-corrected chi connectivity index (χ3v) is 5.49. The maximum absolute atomic E-state index is 9.82. The molecule has 1 N–H and O–H groups in total. The standard InChI is InChI=1S/C19H19NO2/c21-17-8-13-10-20(11-16(13)17)9-12-4-3-6-15-14-5-1-2-7-18(14)22-19(12)15/h1-7,13,16-17,21H,8-11H2/t13-,16+,17-/m1/s1. The molecule has 0 radical (unpaired) electrons. The summed E-state index contributed by atoms with van der Waals surface area (Å²) in [6.07, 6.45) is 0.910. The van der Waals surface area contributed by atoms with E-state index in [9.17, 15) is 5.11 Å². The van der Waals surface area contributed by atoms with E-state index in [1.165, 1.54) is 16.3 Å². The molecular weight excluding hydrogens is 274 g/mol. The van der Waals surface area contributed by atoms with Crippen molar-refractivity contribution in [1.29, 1.82) is 0 Å². The van der Waals surface area contributed by atoms with Crippen LogP contribution in [0.15, 0.2) is 46.9 Å². The normalized spacial score (nSPS) is 28.1. The summed E-state index contributed by atoms with van der Waals surface area (Å²) in [6.45, 7) is 3.04. The van der Waals surface area contributed by atoms with Gasteiger partial charge in [0.1, 0.15) is 11.2 Å². The van der Waals surface area contributed by atoms with E-state index in [1.54, 1.807) is 0 Å². The molecule has 3 nitrogen and oxygen atoms in total. The van der Waals surface area contributed by atoms with Crippen molar-refractivity contribution < 1.29 is 9.52 Å². The molecular formula is C19H19NO2. The van der Waals surface area contributed by atoms with Crippen molar-refractivity contribution in [1.82, 2.24) is 4.90 Å². The maximum atomic E-state index is 9.82. The summed E-state index contributed by atoms with van der Waals surface area (Å²) in [5, 5.41) is 12.2. The van der Waals surface area contributed by atoms with E-state index in [0.29, 0.717) is 11.8 Å².